The normalized spacial score (nSPS) is 13.0. The maximum atomic E-state index is 6.93. The number of furan rings is 2. The zero-order valence-electron chi connectivity index (χ0n) is 44.6. The van der Waals surface area contributed by atoms with Gasteiger partial charge in [-0.25, -0.2) is 0 Å². The van der Waals surface area contributed by atoms with Crippen LogP contribution in [0.3, 0.4) is 0 Å². The lowest BCUT2D eigenvalue weighted by Gasteiger charge is -2.34. The van der Waals surface area contributed by atoms with Gasteiger partial charge in [-0.05, 0) is 170 Å². The molecule has 0 amide bonds. The van der Waals surface area contributed by atoms with E-state index < -0.39 is 5.41 Å². The average Bonchev–Trinajstić information content (AvgIpc) is 4.28. The van der Waals surface area contributed by atoms with Crippen molar-refractivity contribution in [2.45, 2.75) is 26.2 Å². The van der Waals surface area contributed by atoms with E-state index in [2.05, 4.69) is 267 Å². The van der Waals surface area contributed by atoms with Crippen LogP contribution in [-0.4, -0.2) is 0 Å². The molecule has 378 valence electrons. The lowest BCUT2D eigenvalue weighted by atomic mass is 9.69. The Labute approximate surface area is 464 Å². The van der Waals surface area contributed by atoms with Gasteiger partial charge in [0.2, 0.25) is 0 Å². The van der Waals surface area contributed by atoms with Gasteiger partial charge in [0.1, 0.15) is 11.3 Å². The van der Waals surface area contributed by atoms with E-state index in [-0.39, 0.29) is 0 Å². The van der Waals surface area contributed by atoms with Gasteiger partial charge in [0.05, 0.1) is 22.5 Å². The Kier molecular flexibility index (Phi) is 10.0. The second-order valence-electron chi connectivity index (χ2n) is 21.6. The Morgan fingerprint density at radius 1 is 0.400 bits per heavy atom. The molecular formula is C76H52N2O2. The SMILES string of the molecule is C=Cc1oc2c(N(c3cccc(C)c3)c3cc4c(c5ccccc35)-c3c(c5ccc(N(c6cccc(C)c6)c6cccc7c6oc6ccccc67)cc5c5ccccc35)C43c4ccccc4-c4ccccc43)cccc2c1/C=C\C. The predicted octanol–water partition coefficient (Wildman–Crippen LogP) is 21.4. The van der Waals surface area contributed by atoms with Crippen LogP contribution in [0.2, 0.25) is 0 Å². The summed E-state index contributed by atoms with van der Waals surface area (Å²) in [6, 6.07) is 85.4. The molecule has 14 aromatic rings. The second kappa shape index (κ2) is 17.4. The highest BCUT2D eigenvalue weighted by molar-refractivity contribution is 6.25. The standard InChI is InChI=1S/C76H52N2O2/c1-5-21-55-60-33-20-38-67(75(60)79-69(55)6-2)78(49-25-18-23-47(4)43-49)68-45-65-71(58-32-10-8-29-54(58)68)72-57-31-9-7-26-51(57)62-44-50(40-41-59(62)73(72)76(65)63-35-14-11-27-52(63)53-28-12-15-36-64(53)76)77(48-24-17-22-46(3)42-48)66-37-19-34-61-56-30-13-16-39-70(56)80-74(61)66/h5-45H,2H2,1,3-4H3/b21-5-. The highest BCUT2D eigenvalue weighted by atomic mass is 16.3. The highest BCUT2D eigenvalue weighted by Crippen LogP contribution is 2.67. The number of hydrogen-bond donors (Lipinski definition) is 0. The number of fused-ring (bicyclic) bond motifs is 21. The molecule has 16 rings (SSSR count). The van der Waals surface area contributed by atoms with Gasteiger partial charge in [-0.1, -0.05) is 189 Å². The van der Waals surface area contributed by atoms with Crippen molar-refractivity contribution in [1.82, 2.24) is 0 Å². The Morgan fingerprint density at radius 2 is 0.950 bits per heavy atom. The molecule has 2 heterocycles. The minimum Gasteiger partial charge on any atom is -0.454 e. The first-order valence-corrected chi connectivity index (χ1v) is 27.6. The summed E-state index contributed by atoms with van der Waals surface area (Å²) in [7, 11) is 0. The number of aryl methyl sites for hydroxylation is 2. The average molecular weight is 1030 g/mol. The van der Waals surface area contributed by atoms with E-state index in [0.717, 1.165) is 83.7 Å². The van der Waals surface area contributed by atoms with Crippen LogP contribution in [0.25, 0.3) is 99.6 Å². The van der Waals surface area contributed by atoms with Crippen molar-refractivity contribution in [1.29, 1.82) is 0 Å². The van der Waals surface area contributed by atoms with Crippen molar-refractivity contribution < 1.29 is 8.83 Å². The molecule has 0 aliphatic heterocycles. The van der Waals surface area contributed by atoms with Crippen molar-refractivity contribution in [2.24, 2.45) is 0 Å². The monoisotopic (exact) mass is 1020 g/mol. The molecular weight excluding hydrogens is 973 g/mol. The van der Waals surface area contributed by atoms with Crippen molar-refractivity contribution >= 4 is 112 Å². The zero-order chi connectivity index (χ0) is 53.4. The number of para-hydroxylation sites is 3. The molecule has 0 saturated heterocycles. The smallest absolute Gasteiger partial charge is 0.159 e. The maximum absolute atomic E-state index is 6.93. The van der Waals surface area contributed by atoms with Gasteiger partial charge in [0.15, 0.2) is 11.2 Å². The van der Waals surface area contributed by atoms with E-state index in [1.807, 2.05) is 19.1 Å². The Morgan fingerprint density at radius 3 is 1.64 bits per heavy atom. The molecule has 0 bridgehead atoms. The molecule has 0 fully saturated rings. The van der Waals surface area contributed by atoms with Gasteiger partial charge in [0.25, 0.3) is 0 Å². The van der Waals surface area contributed by atoms with Gasteiger partial charge >= 0.3 is 0 Å². The molecule has 0 unspecified atom stereocenters. The van der Waals surface area contributed by atoms with Crippen LogP contribution in [0.15, 0.2) is 252 Å². The van der Waals surface area contributed by atoms with Crippen LogP contribution in [0.1, 0.15) is 51.6 Å². The van der Waals surface area contributed by atoms with E-state index >= 15 is 0 Å². The molecule has 0 atom stereocenters. The third-order valence-electron chi connectivity index (χ3n) is 17.2. The molecule has 2 aliphatic rings. The number of anilines is 6. The molecule has 0 saturated carbocycles. The number of hydrogen-bond acceptors (Lipinski definition) is 4. The van der Waals surface area contributed by atoms with Crippen molar-refractivity contribution in [2.75, 3.05) is 9.80 Å². The molecule has 12 aromatic carbocycles. The molecule has 4 heteroatoms. The summed E-state index contributed by atoms with van der Waals surface area (Å²) in [5.74, 6) is 0.748. The summed E-state index contributed by atoms with van der Waals surface area (Å²) in [6.45, 7) is 10.6. The Balaban J connectivity index is 1.04. The van der Waals surface area contributed by atoms with Gasteiger partial charge in [0, 0.05) is 44.2 Å². The van der Waals surface area contributed by atoms with E-state index in [9.17, 15) is 0 Å². The first-order chi connectivity index (χ1) is 39.4. The van der Waals surface area contributed by atoms with Crippen LogP contribution >= 0.6 is 0 Å². The lowest BCUT2D eigenvalue weighted by Crippen LogP contribution is -2.26. The summed E-state index contributed by atoms with van der Waals surface area (Å²) in [5.41, 5.74) is 21.5. The van der Waals surface area contributed by atoms with Crippen LogP contribution in [0, 0.1) is 13.8 Å². The maximum Gasteiger partial charge on any atom is 0.159 e. The topological polar surface area (TPSA) is 32.8 Å². The molecule has 1 spiro atoms. The Hall–Kier alpha value is -10.2. The van der Waals surface area contributed by atoms with E-state index in [0.29, 0.717) is 0 Å². The third kappa shape index (κ3) is 6.33. The van der Waals surface area contributed by atoms with Gasteiger partial charge < -0.3 is 18.6 Å². The van der Waals surface area contributed by atoms with Gasteiger partial charge in [-0.2, -0.15) is 0 Å². The van der Waals surface area contributed by atoms with E-state index in [1.54, 1.807) is 0 Å². The lowest BCUT2D eigenvalue weighted by molar-refractivity contribution is 0.604. The van der Waals surface area contributed by atoms with Gasteiger partial charge in [-0.15, -0.1) is 0 Å². The summed E-state index contributed by atoms with van der Waals surface area (Å²) in [6.07, 6.45) is 6.03. The number of rotatable bonds is 8. The molecule has 0 N–H and O–H groups in total. The fourth-order valence-corrected chi connectivity index (χ4v) is 14.1. The quantitative estimate of drug-likeness (QED) is 0.142. The fourth-order valence-electron chi connectivity index (χ4n) is 14.1. The van der Waals surface area contributed by atoms with Crippen LogP contribution in [0.5, 0.6) is 0 Å². The molecule has 2 aliphatic carbocycles. The van der Waals surface area contributed by atoms with Crippen molar-refractivity contribution in [3.05, 3.63) is 288 Å². The summed E-state index contributed by atoms with van der Waals surface area (Å²) < 4.78 is 13.8. The first kappa shape index (κ1) is 46.0. The predicted molar refractivity (Wildman–Crippen MR) is 336 cm³/mol. The summed E-state index contributed by atoms with van der Waals surface area (Å²) in [5, 5.41) is 10.4. The van der Waals surface area contributed by atoms with Gasteiger partial charge in [-0.3, -0.25) is 0 Å². The van der Waals surface area contributed by atoms with Crippen molar-refractivity contribution in [3.63, 3.8) is 0 Å². The van der Waals surface area contributed by atoms with E-state index in [1.165, 1.54) is 82.6 Å². The van der Waals surface area contributed by atoms with E-state index in [4.69, 9.17) is 8.83 Å². The molecule has 0 radical (unpaired) electrons. The summed E-state index contributed by atoms with van der Waals surface area (Å²) >= 11 is 0. The van der Waals surface area contributed by atoms with Crippen LogP contribution < -0.4 is 9.80 Å². The molecule has 80 heavy (non-hydrogen) atoms. The number of allylic oxidation sites excluding steroid dienone is 1. The number of benzene rings is 12. The van der Waals surface area contributed by atoms with Crippen molar-refractivity contribution in [3.8, 4) is 22.3 Å². The number of nitrogens with zero attached hydrogens (tertiary/aromatic N) is 2. The summed E-state index contributed by atoms with van der Waals surface area (Å²) in [4.78, 5) is 4.84. The second-order valence-corrected chi connectivity index (χ2v) is 21.6. The molecule has 2 aromatic heterocycles. The van der Waals surface area contributed by atoms with Crippen LogP contribution in [0.4, 0.5) is 34.1 Å². The first-order valence-electron chi connectivity index (χ1n) is 27.6. The fraction of sp³-hybridized carbons (Fsp3) is 0.0526. The highest BCUT2D eigenvalue weighted by Gasteiger charge is 2.54. The minimum absolute atomic E-state index is 0.736. The largest absolute Gasteiger partial charge is 0.454 e. The zero-order valence-corrected chi connectivity index (χ0v) is 44.6. The minimum atomic E-state index is -0.736. The molecule has 4 nitrogen and oxygen atoms in total. The Bertz CT molecular complexity index is 4940. The third-order valence-corrected chi connectivity index (χ3v) is 17.2. The van der Waals surface area contributed by atoms with Crippen LogP contribution in [-0.2, 0) is 5.41 Å².